The van der Waals surface area contributed by atoms with Crippen LogP contribution in [0.25, 0.3) is 11.1 Å². The zero-order chi connectivity index (χ0) is 16.3. The zero-order valence-electron chi connectivity index (χ0n) is 12.2. The Kier molecular flexibility index (Phi) is 4.46. The summed E-state index contributed by atoms with van der Waals surface area (Å²) >= 11 is 0. The molecular weight excluding hydrogens is 284 g/mol. The SMILES string of the molecule is CC(C)Oc1cccc(-c2cc(C(=O)O)cc(C(=O)O)c2)c1. The summed E-state index contributed by atoms with van der Waals surface area (Å²) in [5.74, 6) is -1.69. The molecular formula is C17H16O5. The second kappa shape index (κ2) is 6.30. The van der Waals surface area contributed by atoms with E-state index in [2.05, 4.69) is 0 Å². The van der Waals surface area contributed by atoms with E-state index in [0.29, 0.717) is 16.9 Å². The third-order valence-corrected chi connectivity index (χ3v) is 2.97. The largest absolute Gasteiger partial charge is 0.491 e. The Labute approximate surface area is 127 Å². The third-order valence-electron chi connectivity index (χ3n) is 2.97. The van der Waals surface area contributed by atoms with Crippen LogP contribution in [0.3, 0.4) is 0 Å². The molecule has 2 aromatic carbocycles. The maximum absolute atomic E-state index is 11.2. The lowest BCUT2D eigenvalue weighted by atomic mass is 9.99. The molecule has 0 unspecified atom stereocenters. The van der Waals surface area contributed by atoms with Crippen LogP contribution in [-0.4, -0.2) is 28.3 Å². The average molecular weight is 300 g/mol. The van der Waals surface area contributed by atoms with E-state index >= 15 is 0 Å². The molecule has 5 heteroatoms. The van der Waals surface area contributed by atoms with E-state index in [1.165, 1.54) is 12.1 Å². The molecule has 0 aliphatic heterocycles. The summed E-state index contributed by atoms with van der Waals surface area (Å²) in [4.78, 5) is 22.3. The van der Waals surface area contributed by atoms with Crippen molar-refractivity contribution in [3.05, 3.63) is 53.6 Å². The summed E-state index contributed by atoms with van der Waals surface area (Å²) in [5.41, 5.74) is 1.09. The maximum Gasteiger partial charge on any atom is 0.335 e. The topological polar surface area (TPSA) is 83.8 Å². The molecule has 5 nitrogen and oxygen atoms in total. The molecule has 0 amide bonds. The van der Waals surface area contributed by atoms with Crippen molar-refractivity contribution in [1.82, 2.24) is 0 Å². The predicted molar refractivity (Wildman–Crippen MR) is 81.6 cm³/mol. The van der Waals surface area contributed by atoms with Crippen molar-refractivity contribution in [2.24, 2.45) is 0 Å². The summed E-state index contributed by atoms with van der Waals surface area (Å²) in [5, 5.41) is 18.2. The molecule has 0 fully saturated rings. The van der Waals surface area contributed by atoms with Gasteiger partial charge in [0, 0.05) is 0 Å². The van der Waals surface area contributed by atoms with Gasteiger partial charge in [0.15, 0.2) is 0 Å². The van der Waals surface area contributed by atoms with Crippen molar-refractivity contribution in [3.8, 4) is 16.9 Å². The van der Waals surface area contributed by atoms with E-state index in [0.717, 1.165) is 6.07 Å². The average Bonchev–Trinajstić information content (AvgIpc) is 2.46. The van der Waals surface area contributed by atoms with Crippen molar-refractivity contribution >= 4 is 11.9 Å². The lowest BCUT2D eigenvalue weighted by Crippen LogP contribution is -2.05. The number of rotatable bonds is 5. The number of benzene rings is 2. The van der Waals surface area contributed by atoms with E-state index in [-0.39, 0.29) is 17.2 Å². The van der Waals surface area contributed by atoms with Gasteiger partial charge in [-0.05, 0) is 55.3 Å². The zero-order valence-corrected chi connectivity index (χ0v) is 12.2. The number of hydrogen-bond acceptors (Lipinski definition) is 3. The molecule has 0 saturated carbocycles. The Hall–Kier alpha value is -2.82. The minimum Gasteiger partial charge on any atom is -0.491 e. The van der Waals surface area contributed by atoms with Gasteiger partial charge < -0.3 is 14.9 Å². The highest BCUT2D eigenvalue weighted by molar-refractivity contribution is 5.96. The van der Waals surface area contributed by atoms with Crippen LogP contribution in [0.2, 0.25) is 0 Å². The fourth-order valence-electron chi connectivity index (χ4n) is 2.06. The molecule has 2 rings (SSSR count). The molecule has 0 heterocycles. The number of aromatic carboxylic acids is 2. The minimum atomic E-state index is -1.17. The lowest BCUT2D eigenvalue weighted by Gasteiger charge is -2.11. The standard InChI is InChI=1S/C17H16O5/c1-10(2)22-15-5-3-4-11(9-15)12-6-13(16(18)19)8-14(7-12)17(20)21/h3-10H,1-2H3,(H,18,19)(H,20,21). The molecule has 2 N–H and O–H groups in total. The van der Waals surface area contributed by atoms with Crippen LogP contribution in [0.15, 0.2) is 42.5 Å². The molecule has 0 saturated heterocycles. The third kappa shape index (κ3) is 3.63. The summed E-state index contributed by atoms with van der Waals surface area (Å²) in [6.07, 6.45) is 0.00943. The Morgan fingerprint density at radius 2 is 1.50 bits per heavy atom. The summed E-state index contributed by atoms with van der Waals surface area (Å²) in [7, 11) is 0. The molecule has 0 aliphatic rings. The van der Waals surface area contributed by atoms with Gasteiger partial charge in [-0.25, -0.2) is 9.59 Å². The Bertz CT molecular complexity index is 686. The number of carboxylic acids is 2. The predicted octanol–water partition coefficient (Wildman–Crippen LogP) is 3.54. The fraction of sp³-hybridized carbons (Fsp3) is 0.176. The minimum absolute atomic E-state index is 0.00943. The van der Waals surface area contributed by atoms with Crippen molar-refractivity contribution < 1.29 is 24.5 Å². The van der Waals surface area contributed by atoms with E-state index in [1.807, 2.05) is 13.8 Å². The maximum atomic E-state index is 11.2. The van der Waals surface area contributed by atoms with Gasteiger partial charge in [0.2, 0.25) is 0 Å². The van der Waals surface area contributed by atoms with Gasteiger partial charge in [-0.3, -0.25) is 0 Å². The monoisotopic (exact) mass is 300 g/mol. The van der Waals surface area contributed by atoms with Gasteiger partial charge in [0.05, 0.1) is 17.2 Å². The van der Waals surface area contributed by atoms with Crippen molar-refractivity contribution in [3.63, 3.8) is 0 Å². The molecule has 0 bridgehead atoms. The Morgan fingerprint density at radius 3 is 2.00 bits per heavy atom. The van der Waals surface area contributed by atoms with Crippen LogP contribution < -0.4 is 4.74 Å². The highest BCUT2D eigenvalue weighted by Crippen LogP contribution is 2.26. The smallest absolute Gasteiger partial charge is 0.335 e. The second-order valence-corrected chi connectivity index (χ2v) is 5.10. The number of carboxylic acid groups (broad SMARTS) is 2. The van der Waals surface area contributed by atoms with Gasteiger partial charge >= 0.3 is 11.9 Å². The fourth-order valence-corrected chi connectivity index (χ4v) is 2.06. The van der Waals surface area contributed by atoms with Gasteiger partial charge in [0.1, 0.15) is 5.75 Å². The van der Waals surface area contributed by atoms with E-state index in [4.69, 9.17) is 14.9 Å². The first-order valence-electron chi connectivity index (χ1n) is 6.75. The second-order valence-electron chi connectivity index (χ2n) is 5.10. The molecule has 0 atom stereocenters. The van der Waals surface area contributed by atoms with Gasteiger partial charge in [0.25, 0.3) is 0 Å². The van der Waals surface area contributed by atoms with E-state index < -0.39 is 11.9 Å². The first kappa shape index (κ1) is 15.6. The molecule has 0 radical (unpaired) electrons. The molecule has 0 spiro atoms. The summed E-state index contributed by atoms with van der Waals surface area (Å²) in [6, 6.07) is 11.1. The highest BCUT2D eigenvalue weighted by Gasteiger charge is 2.13. The first-order valence-corrected chi connectivity index (χ1v) is 6.75. The van der Waals surface area contributed by atoms with Crippen molar-refractivity contribution in [2.45, 2.75) is 20.0 Å². The molecule has 114 valence electrons. The van der Waals surface area contributed by atoms with Crippen LogP contribution in [0.5, 0.6) is 5.75 Å². The van der Waals surface area contributed by atoms with Crippen LogP contribution in [0.1, 0.15) is 34.6 Å². The van der Waals surface area contributed by atoms with E-state index in [1.54, 1.807) is 24.3 Å². The molecule has 0 aliphatic carbocycles. The van der Waals surface area contributed by atoms with Crippen LogP contribution in [0.4, 0.5) is 0 Å². The quantitative estimate of drug-likeness (QED) is 0.882. The van der Waals surface area contributed by atoms with Gasteiger partial charge in [-0.15, -0.1) is 0 Å². The van der Waals surface area contributed by atoms with Gasteiger partial charge in [-0.1, -0.05) is 12.1 Å². The summed E-state index contributed by atoms with van der Waals surface area (Å²) in [6.45, 7) is 3.81. The first-order chi connectivity index (χ1) is 10.4. The number of hydrogen-bond donors (Lipinski definition) is 2. The van der Waals surface area contributed by atoms with Crippen LogP contribution in [-0.2, 0) is 0 Å². The van der Waals surface area contributed by atoms with Crippen molar-refractivity contribution in [2.75, 3.05) is 0 Å². The highest BCUT2D eigenvalue weighted by atomic mass is 16.5. The van der Waals surface area contributed by atoms with Crippen LogP contribution >= 0.6 is 0 Å². The normalized spacial score (nSPS) is 10.5. The molecule has 22 heavy (non-hydrogen) atoms. The molecule has 0 aromatic heterocycles. The molecule has 2 aromatic rings. The van der Waals surface area contributed by atoms with Crippen molar-refractivity contribution in [1.29, 1.82) is 0 Å². The Balaban J connectivity index is 2.51. The van der Waals surface area contributed by atoms with Gasteiger partial charge in [-0.2, -0.15) is 0 Å². The van der Waals surface area contributed by atoms with Crippen LogP contribution in [0, 0.1) is 0 Å². The number of ether oxygens (including phenoxy) is 1. The lowest BCUT2D eigenvalue weighted by molar-refractivity contribution is 0.0696. The number of carbonyl (C=O) groups is 2. The Morgan fingerprint density at radius 1 is 0.909 bits per heavy atom. The van der Waals surface area contributed by atoms with E-state index in [9.17, 15) is 9.59 Å². The summed E-state index contributed by atoms with van der Waals surface area (Å²) < 4.78 is 5.60.